The molecule has 4 rings (SSSR count). The van der Waals surface area contributed by atoms with Crippen molar-refractivity contribution in [2.75, 3.05) is 24.4 Å². The predicted molar refractivity (Wildman–Crippen MR) is 112 cm³/mol. The van der Waals surface area contributed by atoms with Crippen LogP contribution in [0.5, 0.6) is 11.5 Å². The Morgan fingerprint density at radius 3 is 2.73 bits per heavy atom. The van der Waals surface area contributed by atoms with Crippen LogP contribution in [-0.2, 0) is 4.79 Å². The summed E-state index contributed by atoms with van der Waals surface area (Å²) in [5, 5.41) is 18.0. The molecule has 0 fully saturated rings. The Bertz CT molecular complexity index is 1090. The van der Waals surface area contributed by atoms with Gasteiger partial charge < -0.3 is 20.1 Å². The Morgan fingerprint density at radius 1 is 1.20 bits per heavy atom. The lowest BCUT2D eigenvalue weighted by Crippen LogP contribution is -2.31. The van der Waals surface area contributed by atoms with Gasteiger partial charge in [0.05, 0.1) is 19.3 Å². The summed E-state index contributed by atoms with van der Waals surface area (Å²) in [5.74, 6) is 1.42. The van der Waals surface area contributed by atoms with Gasteiger partial charge in [-0.15, -0.1) is 0 Å². The van der Waals surface area contributed by atoms with E-state index >= 15 is 0 Å². The summed E-state index contributed by atoms with van der Waals surface area (Å²) in [7, 11) is 1.59. The molecule has 0 saturated heterocycles. The molecule has 0 aliphatic carbocycles. The van der Waals surface area contributed by atoms with Gasteiger partial charge in [-0.05, 0) is 54.1 Å². The van der Waals surface area contributed by atoms with Crippen molar-refractivity contribution in [2.24, 2.45) is 0 Å². The van der Waals surface area contributed by atoms with E-state index in [2.05, 4.69) is 26.2 Å². The molecule has 9 heteroatoms. The molecular formula is C21H22N6O3. The molecule has 2 N–H and O–H groups in total. The highest BCUT2D eigenvalue weighted by atomic mass is 16.5. The van der Waals surface area contributed by atoms with Gasteiger partial charge in [-0.2, -0.15) is 4.68 Å². The summed E-state index contributed by atoms with van der Waals surface area (Å²) in [6.45, 7) is 4.22. The number of aromatic nitrogens is 4. The Morgan fingerprint density at radius 2 is 2.00 bits per heavy atom. The molecule has 154 valence electrons. The first-order chi connectivity index (χ1) is 14.6. The summed E-state index contributed by atoms with van der Waals surface area (Å²) >= 11 is 0. The van der Waals surface area contributed by atoms with Crippen LogP contribution >= 0.6 is 0 Å². The van der Waals surface area contributed by atoms with Crippen molar-refractivity contribution in [3.63, 3.8) is 0 Å². The van der Waals surface area contributed by atoms with Gasteiger partial charge in [0.1, 0.15) is 6.04 Å². The molecule has 3 aromatic rings. The topological polar surface area (TPSA) is 103 Å². The van der Waals surface area contributed by atoms with E-state index in [0.717, 1.165) is 5.56 Å². The molecule has 1 amide bonds. The third-order valence-corrected chi connectivity index (χ3v) is 4.79. The minimum Gasteiger partial charge on any atom is -0.493 e. The van der Waals surface area contributed by atoms with E-state index in [1.165, 1.54) is 0 Å². The number of carbonyl (C=O) groups excluding carboxylic acids is 1. The maximum atomic E-state index is 13.3. The number of benzene rings is 2. The van der Waals surface area contributed by atoms with Crippen LogP contribution in [0.25, 0.3) is 0 Å². The van der Waals surface area contributed by atoms with Crippen molar-refractivity contribution in [1.82, 2.24) is 20.2 Å². The highest BCUT2D eigenvalue weighted by Gasteiger charge is 2.34. The number of nitrogens with one attached hydrogen (secondary N) is 2. The second-order valence-electron chi connectivity index (χ2n) is 6.68. The van der Waals surface area contributed by atoms with Crippen LogP contribution in [0, 0.1) is 0 Å². The van der Waals surface area contributed by atoms with Crippen molar-refractivity contribution in [3.8, 4) is 11.5 Å². The number of allylic oxidation sites excluding steroid dienone is 1. The third-order valence-electron chi connectivity index (χ3n) is 4.79. The number of nitrogens with zero attached hydrogens (tertiary/aromatic N) is 4. The van der Waals surface area contributed by atoms with E-state index in [1.54, 1.807) is 11.8 Å². The third kappa shape index (κ3) is 3.57. The van der Waals surface area contributed by atoms with Crippen LogP contribution in [-0.4, -0.2) is 39.8 Å². The van der Waals surface area contributed by atoms with Crippen molar-refractivity contribution in [2.45, 2.75) is 19.9 Å². The quantitative estimate of drug-likeness (QED) is 0.649. The molecule has 30 heavy (non-hydrogen) atoms. The van der Waals surface area contributed by atoms with Crippen molar-refractivity contribution in [3.05, 3.63) is 65.4 Å². The molecule has 1 atom stereocenters. The molecule has 2 heterocycles. The maximum Gasteiger partial charge on any atom is 0.255 e. The molecule has 1 aliphatic rings. The Labute approximate surface area is 173 Å². The van der Waals surface area contributed by atoms with Gasteiger partial charge in [-0.25, -0.2) is 0 Å². The lowest BCUT2D eigenvalue weighted by Gasteiger charge is -2.28. The van der Waals surface area contributed by atoms with Crippen LogP contribution in [0.3, 0.4) is 0 Å². The molecule has 9 nitrogen and oxygen atoms in total. The Kier molecular flexibility index (Phi) is 5.34. The zero-order valence-electron chi connectivity index (χ0n) is 16.9. The minimum absolute atomic E-state index is 0.244. The molecule has 1 unspecified atom stereocenters. The number of hydrogen-bond donors (Lipinski definition) is 2. The molecule has 0 bridgehead atoms. The average Bonchev–Trinajstić information content (AvgIpc) is 3.21. The molecule has 1 aliphatic heterocycles. The zero-order chi connectivity index (χ0) is 21.1. The number of para-hydroxylation sites is 1. The van der Waals surface area contributed by atoms with Gasteiger partial charge >= 0.3 is 0 Å². The van der Waals surface area contributed by atoms with Crippen LogP contribution in [0.1, 0.15) is 25.5 Å². The number of tetrazole rings is 1. The fourth-order valence-corrected chi connectivity index (χ4v) is 3.47. The van der Waals surface area contributed by atoms with E-state index in [9.17, 15) is 4.79 Å². The van der Waals surface area contributed by atoms with Gasteiger partial charge in [0.2, 0.25) is 5.95 Å². The maximum absolute atomic E-state index is 13.3. The van der Waals surface area contributed by atoms with Gasteiger partial charge in [0, 0.05) is 11.4 Å². The highest BCUT2D eigenvalue weighted by Crippen LogP contribution is 2.38. The first kappa shape index (κ1) is 19.4. The average molecular weight is 406 g/mol. The second kappa shape index (κ2) is 8.24. The summed E-state index contributed by atoms with van der Waals surface area (Å²) in [5.41, 5.74) is 2.68. The fraction of sp³-hybridized carbons (Fsp3) is 0.238. The van der Waals surface area contributed by atoms with Gasteiger partial charge in [-0.3, -0.25) is 4.79 Å². The van der Waals surface area contributed by atoms with Crippen LogP contribution in [0.2, 0.25) is 0 Å². The van der Waals surface area contributed by atoms with Crippen molar-refractivity contribution in [1.29, 1.82) is 0 Å². The monoisotopic (exact) mass is 406 g/mol. The lowest BCUT2D eigenvalue weighted by atomic mass is 9.94. The minimum atomic E-state index is -0.537. The zero-order valence-corrected chi connectivity index (χ0v) is 16.9. The second-order valence-corrected chi connectivity index (χ2v) is 6.68. The van der Waals surface area contributed by atoms with Crippen molar-refractivity contribution < 1.29 is 14.3 Å². The standard InChI is InChI=1S/C21H22N6O3/c1-4-30-17-12-14(10-11-16(17)29-3)19-18(13(2)22-21-24-25-26-27(19)21)20(28)23-15-8-6-5-7-9-15/h5-12,19H,4H2,1-3H3,(H,23,28)(H,22,24,26). The Balaban J connectivity index is 1.78. The smallest absolute Gasteiger partial charge is 0.255 e. The number of ether oxygens (including phenoxy) is 2. The number of fused-ring (bicyclic) bond motifs is 1. The molecule has 1 aromatic heterocycles. The molecule has 0 radical (unpaired) electrons. The first-order valence-corrected chi connectivity index (χ1v) is 9.55. The Hall–Kier alpha value is -3.88. The van der Waals surface area contributed by atoms with E-state index in [4.69, 9.17) is 9.47 Å². The highest BCUT2D eigenvalue weighted by molar-refractivity contribution is 6.06. The summed E-state index contributed by atoms with van der Waals surface area (Å²) < 4.78 is 12.7. The number of carbonyl (C=O) groups is 1. The SMILES string of the molecule is CCOc1cc(C2C(C(=O)Nc3ccccc3)=C(C)Nc3nnnn32)ccc1OC. The van der Waals surface area contributed by atoms with Gasteiger partial charge in [-0.1, -0.05) is 29.4 Å². The molecule has 0 spiro atoms. The number of amides is 1. The normalized spacial score (nSPS) is 15.2. The van der Waals surface area contributed by atoms with Crippen LogP contribution in [0.15, 0.2) is 59.8 Å². The van der Waals surface area contributed by atoms with Gasteiger partial charge in [0.25, 0.3) is 5.91 Å². The molecule has 2 aromatic carbocycles. The van der Waals surface area contributed by atoms with Crippen LogP contribution < -0.4 is 20.1 Å². The summed E-state index contributed by atoms with van der Waals surface area (Å²) in [4.78, 5) is 13.3. The number of hydrogen-bond acceptors (Lipinski definition) is 7. The largest absolute Gasteiger partial charge is 0.493 e. The van der Waals surface area contributed by atoms with E-state index in [-0.39, 0.29) is 5.91 Å². The van der Waals surface area contributed by atoms with Gasteiger partial charge in [0.15, 0.2) is 11.5 Å². The number of rotatable bonds is 6. The van der Waals surface area contributed by atoms with E-state index in [0.29, 0.717) is 41.0 Å². The van der Waals surface area contributed by atoms with E-state index in [1.807, 2.05) is 62.4 Å². The first-order valence-electron chi connectivity index (χ1n) is 9.55. The predicted octanol–water partition coefficient (Wildman–Crippen LogP) is 3.01. The fourth-order valence-electron chi connectivity index (χ4n) is 3.47. The van der Waals surface area contributed by atoms with E-state index < -0.39 is 6.04 Å². The number of anilines is 2. The summed E-state index contributed by atoms with van der Waals surface area (Å²) in [6.07, 6.45) is 0. The van der Waals surface area contributed by atoms with Crippen molar-refractivity contribution >= 4 is 17.5 Å². The molecule has 0 saturated carbocycles. The van der Waals surface area contributed by atoms with Crippen LogP contribution in [0.4, 0.5) is 11.6 Å². The number of methoxy groups -OCH3 is 1. The lowest BCUT2D eigenvalue weighted by molar-refractivity contribution is -0.113. The summed E-state index contributed by atoms with van der Waals surface area (Å²) in [6, 6.07) is 14.3. The molecular weight excluding hydrogens is 384 g/mol.